The van der Waals surface area contributed by atoms with Crippen LogP contribution in [0, 0.1) is 0 Å². The van der Waals surface area contributed by atoms with Crippen LogP contribution in [0.15, 0.2) is 0 Å². The van der Waals surface area contributed by atoms with Gasteiger partial charge in [0.15, 0.2) is 0 Å². The van der Waals surface area contributed by atoms with Crippen LogP contribution in [-0.2, 0) is 0 Å². The molecule has 0 rings (SSSR count). The molecule has 0 fully saturated rings. The van der Waals surface area contributed by atoms with E-state index in [-0.39, 0.29) is 0 Å². The van der Waals surface area contributed by atoms with Crippen molar-refractivity contribution in [3.05, 3.63) is 0 Å². The predicted octanol–water partition coefficient (Wildman–Crippen LogP) is 0.311. The van der Waals surface area contributed by atoms with Gasteiger partial charge in [0, 0.05) is 0 Å². The van der Waals surface area contributed by atoms with E-state index in [9.17, 15) is 0 Å². The molecule has 2 N–H and O–H groups in total. The summed E-state index contributed by atoms with van der Waals surface area (Å²) in [5.41, 5.74) is 5.42. The number of rotatable bonds is 2. The molecule has 32 valence electrons. The van der Waals surface area contributed by atoms with Gasteiger partial charge in [0.2, 0.25) is 0 Å². The maximum absolute atomic E-state index is 5.42. The summed E-state index contributed by atoms with van der Waals surface area (Å²) in [4.78, 5) is 0. The molecule has 0 aromatic rings. The first-order valence-electron chi connectivity index (χ1n) is 2.17. The summed E-state index contributed by atoms with van der Waals surface area (Å²) in [6.45, 7) is 2.05. The zero-order chi connectivity index (χ0) is 4.99. The predicted molar refractivity (Wildman–Crippen MR) is 28.8 cm³/mol. The number of hydrogen-bond acceptors (Lipinski definition) is 1. The second-order valence-electron chi connectivity index (χ2n) is 1.52. The fourth-order valence-electron chi connectivity index (χ4n) is 0.228. The Morgan fingerprint density at radius 2 is 2.33 bits per heavy atom. The molecule has 1 atom stereocenters. The molecule has 1 nitrogen and oxygen atoms in total. The van der Waals surface area contributed by atoms with Crippen molar-refractivity contribution in [3.63, 3.8) is 0 Å². The summed E-state index contributed by atoms with van der Waals surface area (Å²) >= 11 is 1.60. The Bertz CT molecular complexity index is 28.7. The van der Waals surface area contributed by atoms with Crippen LogP contribution in [0.2, 0.25) is 4.44 Å². The van der Waals surface area contributed by atoms with Gasteiger partial charge < -0.3 is 0 Å². The number of nitrogens with two attached hydrogens (primary N) is 1. The summed E-state index contributed by atoms with van der Waals surface area (Å²) < 4.78 is 1.30. The average Bonchev–Trinajstić information content (AvgIpc) is 1.35. The van der Waals surface area contributed by atoms with Crippen molar-refractivity contribution in [2.45, 2.75) is 23.8 Å². The molecule has 0 bridgehead atoms. The van der Waals surface area contributed by atoms with Crippen molar-refractivity contribution in [1.29, 1.82) is 0 Å². The van der Waals surface area contributed by atoms with E-state index < -0.39 is 0 Å². The third kappa shape index (κ3) is 4.76. The van der Waals surface area contributed by atoms with Crippen molar-refractivity contribution >= 4 is 22.5 Å². The Balaban J connectivity index is 2.63. The summed E-state index contributed by atoms with van der Waals surface area (Å²) in [7, 11) is 0. The van der Waals surface area contributed by atoms with Gasteiger partial charge >= 0.3 is 52.1 Å². The quantitative estimate of drug-likeness (QED) is 0.624. The Kier molecular flexibility index (Phi) is 4.43. The maximum atomic E-state index is 5.42. The zero-order valence-electron chi connectivity index (χ0n) is 4.07. The fraction of sp³-hybridized carbons (Fsp3) is 1.00. The van der Waals surface area contributed by atoms with Crippen molar-refractivity contribution in [3.8, 4) is 0 Å². The van der Waals surface area contributed by atoms with E-state index in [2.05, 4.69) is 0 Å². The van der Waals surface area contributed by atoms with Gasteiger partial charge in [-0.2, -0.15) is 0 Å². The second-order valence-corrected chi connectivity index (χ2v) is 2.94. The van der Waals surface area contributed by atoms with Crippen LogP contribution in [-0.4, -0.2) is 28.6 Å². The number of hydrogen-bond donors (Lipinski definition) is 1. The molecule has 0 saturated heterocycles. The first kappa shape index (κ1) is 6.76. The van der Waals surface area contributed by atoms with Crippen LogP contribution in [0.5, 0.6) is 0 Å². The van der Waals surface area contributed by atoms with Crippen LogP contribution >= 0.6 is 0 Å². The summed E-state index contributed by atoms with van der Waals surface area (Å²) in [5.74, 6) is 0. The molecule has 2 heteroatoms. The molecule has 0 aromatic carbocycles. The van der Waals surface area contributed by atoms with E-state index in [1.165, 1.54) is 10.9 Å². The molecule has 0 heterocycles. The van der Waals surface area contributed by atoms with Crippen LogP contribution < -0.4 is 5.73 Å². The molecular formula is C4H10NSn+3. The van der Waals surface area contributed by atoms with Crippen LogP contribution in [0.25, 0.3) is 0 Å². The Morgan fingerprint density at radius 3 is 2.33 bits per heavy atom. The topological polar surface area (TPSA) is 26.0 Å². The molecule has 6 heavy (non-hydrogen) atoms. The van der Waals surface area contributed by atoms with Crippen molar-refractivity contribution in [1.82, 2.24) is 0 Å². The first-order valence-corrected chi connectivity index (χ1v) is 4.19. The molecular weight excluding hydrogens is 181 g/mol. The third-order valence-electron chi connectivity index (χ3n) is 0.600. The first-order chi connectivity index (χ1) is 2.77. The molecule has 0 radical (unpaired) electrons. The summed E-state index contributed by atoms with van der Waals surface area (Å²) in [6.07, 6.45) is 1.19. The van der Waals surface area contributed by atoms with E-state index in [0.717, 1.165) is 0 Å². The Morgan fingerprint density at radius 1 is 1.83 bits per heavy atom. The minimum absolute atomic E-state index is 0.421. The van der Waals surface area contributed by atoms with E-state index in [1.54, 1.807) is 22.5 Å². The fourth-order valence-corrected chi connectivity index (χ4v) is 1.53. The van der Waals surface area contributed by atoms with Crippen molar-refractivity contribution in [2.75, 3.05) is 0 Å². The summed E-state index contributed by atoms with van der Waals surface area (Å²) in [6, 6.07) is 0.421. The normalized spacial score (nSPS) is 14.7. The molecule has 0 amide bonds. The van der Waals surface area contributed by atoms with E-state index in [1.807, 2.05) is 6.92 Å². The average molecular weight is 191 g/mol. The van der Waals surface area contributed by atoms with Gasteiger partial charge in [0.05, 0.1) is 0 Å². The van der Waals surface area contributed by atoms with Gasteiger partial charge in [-0.15, -0.1) is 0 Å². The third-order valence-corrected chi connectivity index (χ3v) is 1.42. The molecule has 0 spiro atoms. The van der Waals surface area contributed by atoms with Gasteiger partial charge in [0.1, 0.15) is 0 Å². The van der Waals surface area contributed by atoms with Crippen molar-refractivity contribution < 1.29 is 0 Å². The van der Waals surface area contributed by atoms with Gasteiger partial charge in [-0.05, 0) is 0 Å². The molecule has 0 aliphatic carbocycles. The van der Waals surface area contributed by atoms with Gasteiger partial charge in [-0.3, -0.25) is 0 Å². The van der Waals surface area contributed by atoms with Crippen LogP contribution in [0.4, 0.5) is 0 Å². The SMILES string of the molecule is CC(N)C[CH2][Sn+3]. The van der Waals surface area contributed by atoms with E-state index in [4.69, 9.17) is 5.73 Å². The van der Waals surface area contributed by atoms with Crippen molar-refractivity contribution in [2.24, 2.45) is 5.73 Å². The standard InChI is InChI=1S/C4H10N.Sn/c1-3-4(2)5;/h4H,1,3,5H2,2H3;/q;+3. The summed E-state index contributed by atoms with van der Waals surface area (Å²) in [5, 5.41) is 0. The molecule has 0 aliphatic rings. The second kappa shape index (κ2) is 3.93. The minimum atomic E-state index is 0.421. The zero-order valence-corrected chi connectivity index (χ0v) is 6.92. The molecule has 0 saturated carbocycles. The van der Waals surface area contributed by atoms with Crippen LogP contribution in [0.1, 0.15) is 13.3 Å². The molecule has 1 unspecified atom stereocenters. The molecule has 0 aliphatic heterocycles. The van der Waals surface area contributed by atoms with E-state index >= 15 is 0 Å². The Labute approximate surface area is 52.4 Å². The molecule has 0 aromatic heterocycles. The Hall–Kier alpha value is 0.759. The van der Waals surface area contributed by atoms with Gasteiger partial charge in [0.25, 0.3) is 0 Å². The van der Waals surface area contributed by atoms with E-state index in [0.29, 0.717) is 6.04 Å². The van der Waals surface area contributed by atoms with Gasteiger partial charge in [-0.1, -0.05) is 0 Å². The van der Waals surface area contributed by atoms with Gasteiger partial charge in [-0.25, -0.2) is 0 Å². The van der Waals surface area contributed by atoms with Crippen LogP contribution in [0.3, 0.4) is 0 Å². The monoisotopic (exact) mass is 192 g/mol.